The fourth-order valence-electron chi connectivity index (χ4n) is 3.57. The molecule has 2 fully saturated rings. The lowest BCUT2D eigenvalue weighted by Crippen LogP contribution is -2.50. The normalized spacial score (nSPS) is 30.6. The zero-order chi connectivity index (χ0) is 15.0. The Morgan fingerprint density at radius 3 is 2.76 bits per heavy atom. The first-order valence-electron chi connectivity index (χ1n) is 7.89. The molecule has 0 aromatic carbocycles. The molecule has 0 saturated carbocycles. The molecule has 21 heavy (non-hydrogen) atoms. The molecule has 0 aliphatic carbocycles. The number of carbonyl (C=O) groups excluding carboxylic acids is 1. The summed E-state index contributed by atoms with van der Waals surface area (Å²) >= 11 is 0. The van der Waals surface area contributed by atoms with E-state index >= 15 is 0 Å². The summed E-state index contributed by atoms with van der Waals surface area (Å²) in [7, 11) is 0. The second kappa shape index (κ2) is 5.75. The van der Waals surface area contributed by atoms with E-state index in [1.165, 1.54) is 6.42 Å². The SMILES string of the molecule is Cc1nc(C)n(C[C@@H]2CCCCN2[C@@H]2C[C@@H](C)OC2=O)n1. The van der Waals surface area contributed by atoms with Gasteiger partial charge in [0.05, 0.1) is 6.54 Å². The van der Waals surface area contributed by atoms with Crippen LogP contribution in [0.1, 0.15) is 44.3 Å². The van der Waals surface area contributed by atoms with Crippen LogP contribution in [0.15, 0.2) is 0 Å². The smallest absolute Gasteiger partial charge is 0.323 e. The first-order valence-corrected chi connectivity index (χ1v) is 7.89. The Kier molecular flexibility index (Phi) is 3.97. The molecule has 0 N–H and O–H groups in total. The van der Waals surface area contributed by atoms with E-state index in [0.29, 0.717) is 6.04 Å². The first-order chi connectivity index (χ1) is 10.0. The van der Waals surface area contributed by atoms with Gasteiger partial charge in [0, 0.05) is 12.5 Å². The summed E-state index contributed by atoms with van der Waals surface area (Å²) < 4.78 is 7.31. The van der Waals surface area contributed by atoms with Crippen molar-refractivity contribution in [2.24, 2.45) is 0 Å². The number of hydrogen-bond acceptors (Lipinski definition) is 5. The zero-order valence-electron chi connectivity index (χ0n) is 13.1. The minimum atomic E-state index is -0.0739. The number of cyclic esters (lactones) is 1. The number of carbonyl (C=O) groups is 1. The van der Waals surface area contributed by atoms with Crippen molar-refractivity contribution in [3.8, 4) is 0 Å². The van der Waals surface area contributed by atoms with Crippen LogP contribution in [0.25, 0.3) is 0 Å². The highest BCUT2D eigenvalue weighted by Crippen LogP contribution is 2.27. The fraction of sp³-hybridized carbons (Fsp3) is 0.800. The Labute approximate surface area is 125 Å². The first kappa shape index (κ1) is 14.5. The molecule has 0 amide bonds. The molecule has 0 radical (unpaired) electrons. The number of likely N-dealkylation sites (tertiary alicyclic amines) is 1. The van der Waals surface area contributed by atoms with Crippen LogP contribution in [-0.2, 0) is 16.1 Å². The van der Waals surface area contributed by atoms with Gasteiger partial charge in [-0.2, -0.15) is 5.10 Å². The lowest BCUT2D eigenvalue weighted by molar-refractivity contribution is -0.146. The third-order valence-electron chi connectivity index (χ3n) is 4.56. The van der Waals surface area contributed by atoms with E-state index in [0.717, 1.165) is 44.0 Å². The molecule has 1 aromatic rings. The number of rotatable bonds is 3. The van der Waals surface area contributed by atoms with Crippen LogP contribution in [-0.4, -0.2) is 50.4 Å². The lowest BCUT2D eigenvalue weighted by Gasteiger charge is -2.38. The predicted octanol–water partition coefficient (Wildman–Crippen LogP) is 1.45. The van der Waals surface area contributed by atoms with Crippen LogP contribution in [0, 0.1) is 13.8 Å². The van der Waals surface area contributed by atoms with Crippen molar-refractivity contribution >= 4 is 5.97 Å². The Hall–Kier alpha value is -1.43. The molecule has 116 valence electrons. The molecule has 6 nitrogen and oxygen atoms in total. The number of aryl methyl sites for hydroxylation is 2. The van der Waals surface area contributed by atoms with Gasteiger partial charge in [-0.1, -0.05) is 6.42 Å². The molecule has 1 aromatic heterocycles. The van der Waals surface area contributed by atoms with Gasteiger partial charge < -0.3 is 4.74 Å². The van der Waals surface area contributed by atoms with E-state index in [4.69, 9.17) is 4.74 Å². The fourth-order valence-corrected chi connectivity index (χ4v) is 3.57. The van der Waals surface area contributed by atoms with Crippen molar-refractivity contribution in [2.75, 3.05) is 6.54 Å². The van der Waals surface area contributed by atoms with Gasteiger partial charge in [-0.3, -0.25) is 9.69 Å². The monoisotopic (exact) mass is 292 g/mol. The van der Waals surface area contributed by atoms with Crippen molar-refractivity contribution in [1.82, 2.24) is 19.7 Å². The Morgan fingerprint density at radius 1 is 1.33 bits per heavy atom. The maximum atomic E-state index is 12.1. The molecule has 3 atom stereocenters. The van der Waals surface area contributed by atoms with Gasteiger partial charge in [0.1, 0.15) is 23.8 Å². The van der Waals surface area contributed by atoms with Crippen LogP contribution < -0.4 is 0 Å². The van der Waals surface area contributed by atoms with Crippen molar-refractivity contribution in [3.05, 3.63) is 11.6 Å². The topological polar surface area (TPSA) is 60.2 Å². The minimum Gasteiger partial charge on any atom is -0.461 e. The second-order valence-corrected chi connectivity index (χ2v) is 6.27. The molecule has 2 saturated heterocycles. The van der Waals surface area contributed by atoms with E-state index in [2.05, 4.69) is 15.0 Å². The third-order valence-corrected chi connectivity index (χ3v) is 4.56. The van der Waals surface area contributed by atoms with Gasteiger partial charge in [-0.15, -0.1) is 0 Å². The molecule has 0 spiro atoms. The van der Waals surface area contributed by atoms with E-state index in [-0.39, 0.29) is 18.1 Å². The third kappa shape index (κ3) is 2.95. The average Bonchev–Trinajstić information content (AvgIpc) is 2.92. The van der Waals surface area contributed by atoms with Gasteiger partial charge in [0.15, 0.2) is 0 Å². The van der Waals surface area contributed by atoms with Crippen molar-refractivity contribution in [2.45, 2.75) is 71.2 Å². The van der Waals surface area contributed by atoms with Crippen LogP contribution in [0.2, 0.25) is 0 Å². The number of nitrogens with zero attached hydrogens (tertiary/aromatic N) is 4. The summed E-state index contributed by atoms with van der Waals surface area (Å²) in [5, 5.41) is 4.46. The van der Waals surface area contributed by atoms with Crippen LogP contribution >= 0.6 is 0 Å². The maximum Gasteiger partial charge on any atom is 0.323 e. The molecule has 0 bridgehead atoms. The maximum absolute atomic E-state index is 12.1. The van der Waals surface area contributed by atoms with Gasteiger partial charge in [-0.05, 0) is 40.2 Å². The molecular formula is C15H24N4O2. The molecular weight excluding hydrogens is 268 g/mol. The van der Waals surface area contributed by atoms with Gasteiger partial charge in [-0.25, -0.2) is 9.67 Å². The molecule has 6 heteroatoms. The van der Waals surface area contributed by atoms with Crippen LogP contribution in [0.4, 0.5) is 0 Å². The largest absolute Gasteiger partial charge is 0.461 e. The lowest BCUT2D eigenvalue weighted by atomic mass is 9.98. The van der Waals surface area contributed by atoms with Crippen molar-refractivity contribution in [3.63, 3.8) is 0 Å². The number of aromatic nitrogens is 3. The summed E-state index contributed by atoms with van der Waals surface area (Å²) in [5.41, 5.74) is 0. The second-order valence-electron chi connectivity index (χ2n) is 6.27. The van der Waals surface area contributed by atoms with Gasteiger partial charge in [0.25, 0.3) is 0 Å². The zero-order valence-corrected chi connectivity index (χ0v) is 13.1. The molecule has 3 rings (SSSR count). The standard InChI is InChI=1S/C15H24N4O2/c1-10-8-14(15(20)21-10)18-7-5-4-6-13(18)9-19-12(3)16-11(2)17-19/h10,13-14H,4-9H2,1-3H3/t10-,13+,14-/m1/s1. The van der Waals surface area contributed by atoms with E-state index in [1.807, 2.05) is 25.5 Å². The number of hydrogen-bond donors (Lipinski definition) is 0. The highest BCUT2D eigenvalue weighted by atomic mass is 16.6. The molecule has 0 unspecified atom stereocenters. The van der Waals surface area contributed by atoms with Gasteiger partial charge in [0.2, 0.25) is 0 Å². The molecule has 3 heterocycles. The molecule has 2 aliphatic heterocycles. The van der Waals surface area contributed by atoms with E-state index in [1.54, 1.807) is 0 Å². The Morgan fingerprint density at radius 2 is 2.14 bits per heavy atom. The number of esters is 1. The highest BCUT2D eigenvalue weighted by Gasteiger charge is 2.40. The highest BCUT2D eigenvalue weighted by molar-refractivity contribution is 5.78. The summed E-state index contributed by atoms with van der Waals surface area (Å²) in [6.07, 6.45) is 4.33. The summed E-state index contributed by atoms with van der Waals surface area (Å²) in [6.45, 7) is 7.66. The van der Waals surface area contributed by atoms with E-state index < -0.39 is 0 Å². The Balaban J connectivity index is 1.75. The quantitative estimate of drug-likeness (QED) is 0.789. The summed E-state index contributed by atoms with van der Waals surface area (Å²) in [6, 6.07) is 0.275. The van der Waals surface area contributed by atoms with Crippen LogP contribution in [0.5, 0.6) is 0 Å². The average molecular weight is 292 g/mol. The van der Waals surface area contributed by atoms with Crippen molar-refractivity contribution in [1.29, 1.82) is 0 Å². The van der Waals surface area contributed by atoms with E-state index in [9.17, 15) is 4.79 Å². The van der Waals surface area contributed by atoms with Gasteiger partial charge >= 0.3 is 5.97 Å². The van der Waals surface area contributed by atoms with Crippen LogP contribution in [0.3, 0.4) is 0 Å². The number of ether oxygens (including phenoxy) is 1. The summed E-state index contributed by atoms with van der Waals surface area (Å²) in [5.74, 6) is 1.70. The Bertz CT molecular complexity index is 528. The predicted molar refractivity (Wildman–Crippen MR) is 77.8 cm³/mol. The number of piperidine rings is 1. The van der Waals surface area contributed by atoms with Crippen molar-refractivity contribution < 1.29 is 9.53 Å². The summed E-state index contributed by atoms with van der Waals surface area (Å²) in [4.78, 5) is 18.8. The molecule has 2 aliphatic rings. The minimum absolute atomic E-state index is 0.0421.